The highest BCUT2D eigenvalue weighted by molar-refractivity contribution is 7.99. The Morgan fingerprint density at radius 3 is 3.32 bits per heavy atom. The van der Waals surface area contributed by atoms with Gasteiger partial charge in [-0.1, -0.05) is 6.07 Å². The van der Waals surface area contributed by atoms with Crippen LogP contribution in [0.2, 0.25) is 0 Å². The summed E-state index contributed by atoms with van der Waals surface area (Å²) in [5.74, 6) is 1.84. The lowest BCUT2D eigenvalue weighted by atomic mass is 10.1. The molecule has 1 saturated heterocycles. The molecule has 0 aliphatic carbocycles. The number of carbonyl (C=O) groups is 1. The monoisotopic (exact) mass is 276 g/mol. The Kier molecular flexibility index (Phi) is 3.70. The van der Waals surface area contributed by atoms with E-state index >= 15 is 0 Å². The first-order chi connectivity index (χ1) is 9.33. The van der Waals surface area contributed by atoms with Crippen molar-refractivity contribution in [1.29, 1.82) is 0 Å². The van der Waals surface area contributed by atoms with Crippen molar-refractivity contribution in [3.8, 4) is 0 Å². The summed E-state index contributed by atoms with van der Waals surface area (Å²) in [5, 5.41) is 6.14. The highest BCUT2D eigenvalue weighted by atomic mass is 32.2. The van der Waals surface area contributed by atoms with E-state index in [1.807, 2.05) is 6.07 Å². The quantitative estimate of drug-likeness (QED) is 0.775. The fraction of sp³-hybridized carbons (Fsp3) is 0.385. The second-order valence-corrected chi connectivity index (χ2v) is 5.60. The number of fused-ring (bicyclic) bond motifs is 1. The summed E-state index contributed by atoms with van der Waals surface area (Å²) >= 11 is 1.76. The Labute approximate surface area is 115 Å². The fourth-order valence-electron chi connectivity index (χ4n) is 2.16. The number of hydrogen-bond donors (Lipinski definition) is 3. The van der Waals surface area contributed by atoms with Crippen LogP contribution in [0, 0.1) is 0 Å². The summed E-state index contributed by atoms with van der Waals surface area (Å²) < 4.78 is 0. The summed E-state index contributed by atoms with van der Waals surface area (Å²) in [5.41, 5.74) is 3.21. The average molecular weight is 276 g/mol. The number of amides is 1. The standard InChI is InChI=1S/C13H16N4OS/c18-13(12-6-19-8-17-12)14-4-3-9-1-2-10-11(5-9)16-7-15-10/h1-2,5,7,12,17H,3-4,6,8H2,(H,14,18)(H,15,16). The van der Waals surface area contributed by atoms with Crippen molar-refractivity contribution in [3.05, 3.63) is 30.1 Å². The number of aromatic nitrogens is 2. The van der Waals surface area contributed by atoms with Gasteiger partial charge in [-0.3, -0.25) is 10.1 Å². The normalized spacial score (nSPS) is 18.8. The Morgan fingerprint density at radius 1 is 1.53 bits per heavy atom. The van der Waals surface area contributed by atoms with Crippen LogP contribution in [0.4, 0.5) is 0 Å². The molecular weight excluding hydrogens is 260 g/mol. The second kappa shape index (κ2) is 5.63. The summed E-state index contributed by atoms with van der Waals surface area (Å²) in [6, 6.07) is 6.11. The molecule has 19 heavy (non-hydrogen) atoms. The first-order valence-electron chi connectivity index (χ1n) is 6.34. The van der Waals surface area contributed by atoms with Gasteiger partial charge in [0.15, 0.2) is 0 Å². The van der Waals surface area contributed by atoms with E-state index in [4.69, 9.17) is 0 Å². The molecule has 100 valence electrons. The third-order valence-electron chi connectivity index (χ3n) is 3.23. The van der Waals surface area contributed by atoms with Crippen LogP contribution in [0.25, 0.3) is 11.0 Å². The van der Waals surface area contributed by atoms with Crippen molar-refractivity contribution < 1.29 is 4.79 Å². The van der Waals surface area contributed by atoms with Gasteiger partial charge in [-0.25, -0.2) is 4.98 Å². The molecule has 3 rings (SSSR count). The third-order valence-corrected chi connectivity index (χ3v) is 4.17. The van der Waals surface area contributed by atoms with Crippen LogP contribution in [0.1, 0.15) is 5.56 Å². The second-order valence-electron chi connectivity index (χ2n) is 4.57. The van der Waals surface area contributed by atoms with Gasteiger partial charge >= 0.3 is 0 Å². The van der Waals surface area contributed by atoms with E-state index in [0.29, 0.717) is 6.54 Å². The lowest BCUT2D eigenvalue weighted by Gasteiger charge is -2.10. The zero-order chi connectivity index (χ0) is 13.1. The molecule has 1 unspecified atom stereocenters. The van der Waals surface area contributed by atoms with Crippen LogP contribution in [0.5, 0.6) is 0 Å². The van der Waals surface area contributed by atoms with Gasteiger partial charge in [0.2, 0.25) is 5.91 Å². The molecule has 1 atom stereocenters. The van der Waals surface area contributed by atoms with Crippen LogP contribution in [0.3, 0.4) is 0 Å². The van der Waals surface area contributed by atoms with Gasteiger partial charge in [0.1, 0.15) is 0 Å². The smallest absolute Gasteiger partial charge is 0.238 e. The number of benzene rings is 1. The molecule has 1 aliphatic rings. The number of aromatic amines is 1. The van der Waals surface area contributed by atoms with Gasteiger partial charge in [-0.2, -0.15) is 0 Å². The van der Waals surface area contributed by atoms with Crippen molar-refractivity contribution in [2.75, 3.05) is 18.2 Å². The zero-order valence-corrected chi connectivity index (χ0v) is 11.3. The topological polar surface area (TPSA) is 69.8 Å². The minimum atomic E-state index is -0.0277. The molecular formula is C13H16N4OS. The van der Waals surface area contributed by atoms with Crippen molar-refractivity contribution >= 4 is 28.7 Å². The van der Waals surface area contributed by atoms with E-state index in [0.717, 1.165) is 29.1 Å². The molecule has 1 aromatic heterocycles. The van der Waals surface area contributed by atoms with Gasteiger partial charge in [-0.15, -0.1) is 11.8 Å². The minimum absolute atomic E-state index is 0.0277. The number of imidazole rings is 1. The highest BCUT2D eigenvalue weighted by Gasteiger charge is 2.21. The number of thioether (sulfide) groups is 1. The van der Waals surface area contributed by atoms with E-state index in [1.54, 1.807) is 18.1 Å². The molecule has 0 bridgehead atoms. The fourth-order valence-corrected chi connectivity index (χ4v) is 3.10. The molecule has 0 radical (unpaired) electrons. The van der Waals surface area contributed by atoms with Gasteiger partial charge in [0.25, 0.3) is 0 Å². The number of carbonyl (C=O) groups excluding carboxylic acids is 1. The van der Waals surface area contributed by atoms with Crippen molar-refractivity contribution in [1.82, 2.24) is 20.6 Å². The number of hydrogen-bond acceptors (Lipinski definition) is 4. The van der Waals surface area contributed by atoms with Gasteiger partial charge in [-0.05, 0) is 24.1 Å². The molecule has 5 nitrogen and oxygen atoms in total. The lowest BCUT2D eigenvalue weighted by molar-refractivity contribution is -0.122. The van der Waals surface area contributed by atoms with E-state index in [-0.39, 0.29) is 11.9 Å². The molecule has 0 saturated carbocycles. The Hall–Kier alpha value is -1.53. The number of H-pyrrole nitrogens is 1. The SMILES string of the molecule is O=C(NCCc1ccc2nc[nH]c2c1)C1CSCN1. The summed E-state index contributed by atoms with van der Waals surface area (Å²) in [6.07, 6.45) is 2.53. The van der Waals surface area contributed by atoms with Gasteiger partial charge in [0.05, 0.1) is 23.4 Å². The predicted octanol–water partition coefficient (Wildman–Crippen LogP) is 0.884. The van der Waals surface area contributed by atoms with E-state index in [2.05, 4.69) is 32.7 Å². The molecule has 6 heteroatoms. The minimum Gasteiger partial charge on any atom is -0.354 e. The number of nitrogens with one attached hydrogen (secondary N) is 3. The van der Waals surface area contributed by atoms with Crippen LogP contribution >= 0.6 is 11.8 Å². The number of nitrogens with zero attached hydrogens (tertiary/aromatic N) is 1. The van der Waals surface area contributed by atoms with E-state index in [1.165, 1.54) is 5.56 Å². The third kappa shape index (κ3) is 2.90. The highest BCUT2D eigenvalue weighted by Crippen LogP contribution is 2.12. The molecule has 3 N–H and O–H groups in total. The van der Waals surface area contributed by atoms with Gasteiger partial charge in [0, 0.05) is 18.2 Å². The largest absolute Gasteiger partial charge is 0.354 e. The first kappa shape index (κ1) is 12.5. The molecule has 1 aliphatic heterocycles. The molecule has 0 spiro atoms. The Balaban J connectivity index is 1.52. The lowest BCUT2D eigenvalue weighted by Crippen LogP contribution is -2.42. The van der Waals surface area contributed by atoms with E-state index < -0.39 is 0 Å². The summed E-state index contributed by atoms with van der Waals surface area (Å²) in [6.45, 7) is 0.668. The molecule has 2 heterocycles. The molecule has 1 fully saturated rings. The van der Waals surface area contributed by atoms with Crippen molar-refractivity contribution in [2.45, 2.75) is 12.5 Å². The van der Waals surface area contributed by atoms with Crippen molar-refractivity contribution in [2.24, 2.45) is 0 Å². The average Bonchev–Trinajstić information content (AvgIpc) is 3.09. The van der Waals surface area contributed by atoms with E-state index in [9.17, 15) is 4.79 Å². The number of rotatable bonds is 4. The molecule has 2 aromatic rings. The Morgan fingerprint density at radius 2 is 2.47 bits per heavy atom. The van der Waals surface area contributed by atoms with Crippen LogP contribution in [-0.2, 0) is 11.2 Å². The summed E-state index contributed by atoms with van der Waals surface area (Å²) in [4.78, 5) is 19.1. The molecule has 1 aromatic carbocycles. The van der Waals surface area contributed by atoms with Crippen LogP contribution < -0.4 is 10.6 Å². The van der Waals surface area contributed by atoms with Crippen LogP contribution in [0.15, 0.2) is 24.5 Å². The summed E-state index contributed by atoms with van der Waals surface area (Å²) in [7, 11) is 0. The van der Waals surface area contributed by atoms with Gasteiger partial charge < -0.3 is 10.3 Å². The zero-order valence-electron chi connectivity index (χ0n) is 10.5. The maximum Gasteiger partial charge on any atom is 0.238 e. The Bertz CT molecular complexity index is 577. The molecule has 1 amide bonds. The van der Waals surface area contributed by atoms with Crippen molar-refractivity contribution in [3.63, 3.8) is 0 Å². The maximum atomic E-state index is 11.8. The first-order valence-corrected chi connectivity index (χ1v) is 7.49. The maximum absolute atomic E-state index is 11.8. The predicted molar refractivity (Wildman–Crippen MR) is 77.1 cm³/mol. The van der Waals surface area contributed by atoms with Crippen LogP contribution in [-0.4, -0.2) is 40.1 Å².